The minimum atomic E-state index is -0.256. The standard InChI is InChI=1S/C13H19N2O/c1-14(2)7-8-15-10-12(16)9-11-5-3-4-6-13(11)15/h3-4,6,12,16H,7-10H2,1-2H3. The number of hydrogen-bond donors (Lipinski definition) is 1. The molecule has 1 aliphatic heterocycles. The van der Waals surface area contributed by atoms with E-state index in [0.717, 1.165) is 31.6 Å². The first-order valence-electron chi connectivity index (χ1n) is 5.74. The average molecular weight is 219 g/mol. The minimum Gasteiger partial charge on any atom is -0.391 e. The van der Waals surface area contributed by atoms with Gasteiger partial charge in [0.15, 0.2) is 0 Å². The Hall–Kier alpha value is -1.06. The van der Waals surface area contributed by atoms with Crippen molar-refractivity contribution in [3.63, 3.8) is 0 Å². The molecular weight excluding hydrogens is 200 g/mol. The Kier molecular flexibility index (Phi) is 3.46. The SMILES string of the molecule is CN(C)CCN1CC(O)Cc2[c]cccc21. The van der Waals surface area contributed by atoms with E-state index in [1.807, 2.05) is 12.1 Å². The van der Waals surface area contributed by atoms with Gasteiger partial charge in [-0.05, 0) is 31.8 Å². The molecule has 1 aromatic carbocycles. The molecule has 0 saturated carbocycles. The van der Waals surface area contributed by atoms with Crippen molar-refractivity contribution < 1.29 is 5.11 Å². The summed E-state index contributed by atoms with van der Waals surface area (Å²) < 4.78 is 0. The van der Waals surface area contributed by atoms with Crippen molar-refractivity contribution in [2.75, 3.05) is 38.6 Å². The number of aliphatic hydroxyl groups is 1. The smallest absolute Gasteiger partial charge is 0.0756 e. The second-order valence-electron chi connectivity index (χ2n) is 4.64. The average Bonchev–Trinajstić information content (AvgIpc) is 2.25. The number of aliphatic hydroxyl groups excluding tert-OH is 1. The van der Waals surface area contributed by atoms with Crippen molar-refractivity contribution in [1.82, 2.24) is 4.90 Å². The van der Waals surface area contributed by atoms with Gasteiger partial charge in [0.05, 0.1) is 6.10 Å². The Labute approximate surface area is 97.3 Å². The molecule has 1 atom stereocenters. The highest BCUT2D eigenvalue weighted by Gasteiger charge is 2.22. The highest BCUT2D eigenvalue weighted by atomic mass is 16.3. The van der Waals surface area contributed by atoms with Gasteiger partial charge in [0.2, 0.25) is 0 Å². The molecule has 1 aromatic rings. The van der Waals surface area contributed by atoms with E-state index in [1.165, 1.54) is 5.69 Å². The number of benzene rings is 1. The van der Waals surface area contributed by atoms with Crippen molar-refractivity contribution in [1.29, 1.82) is 0 Å². The fourth-order valence-electron chi connectivity index (χ4n) is 2.11. The van der Waals surface area contributed by atoms with Crippen LogP contribution in [0.5, 0.6) is 0 Å². The zero-order valence-electron chi connectivity index (χ0n) is 9.98. The zero-order chi connectivity index (χ0) is 11.5. The first-order valence-corrected chi connectivity index (χ1v) is 5.74. The molecule has 2 rings (SSSR count). The summed E-state index contributed by atoms with van der Waals surface area (Å²) in [5.41, 5.74) is 2.37. The summed E-state index contributed by atoms with van der Waals surface area (Å²) >= 11 is 0. The number of hydrogen-bond acceptors (Lipinski definition) is 3. The van der Waals surface area contributed by atoms with Crippen LogP contribution in [0.3, 0.4) is 0 Å². The van der Waals surface area contributed by atoms with E-state index in [2.05, 4.69) is 36.0 Å². The summed E-state index contributed by atoms with van der Waals surface area (Å²) in [6.45, 7) is 2.69. The molecule has 0 spiro atoms. The number of anilines is 1. The van der Waals surface area contributed by atoms with Crippen LogP contribution in [0.15, 0.2) is 18.2 Å². The second-order valence-corrected chi connectivity index (χ2v) is 4.64. The van der Waals surface area contributed by atoms with Crippen LogP contribution in [0.4, 0.5) is 5.69 Å². The van der Waals surface area contributed by atoms with Crippen molar-refractivity contribution in [2.45, 2.75) is 12.5 Å². The van der Waals surface area contributed by atoms with Gasteiger partial charge in [0, 0.05) is 31.7 Å². The lowest BCUT2D eigenvalue weighted by Crippen LogP contribution is -2.41. The van der Waals surface area contributed by atoms with Crippen LogP contribution in [-0.2, 0) is 6.42 Å². The van der Waals surface area contributed by atoms with Gasteiger partial charge in [0.1, 0.15) is 0 Å². The first-order chi connectivity index (χ1) is 7.66. The van der Waals surface area contributed by atoms with E-state index in [4.69, 9.17) is 0 Å². The van der Waals surface area contributed by atoms with E-state index in [0.29, 0.717) is 0 Å². The van der Waals surface area contributed by atoms with Gasteiger partial charge < -0.3 is 14.9 Å². The maximum Gasteiger partial charge on any atom is 0.0756 e. The molecular formula is C13H19N2O. The fourth-order valence-corrected chi connectivity index (χ4v) is 2.11. The molecule has 3 heteroatoms. The van der Waals surface area contributed by atoms with Gasteiger partial charge in [-0.25, -0.2) is 0 Å². The summed E-state index contributed by atoms with van der Waals surface area (Å²) in [6, 6.07) is 9.27. The molecule has 0 amide bonds. The molecule has 1 radical (unpaired) electrons. The van der Waals surface area contributed by atoms with Crippen LogP contribution in [0.2, 0.25) is 0 Å². The van der Waals surface area contributed by atoms with Crippen LogP contribution in [0.1, 0.15) is 5.56 Å². The Morgan fingerprint density at radius 1 is 1.56 bits per heavy atom. The van der Waals surface area contributed by atoms with E-state index in [9.17, 15) is 5.11 Å². The third-order valence-electron chi connectivity index (χ3n) is 2.95. The Morgan fingerprint density at radius 2 is 2.38 bits per heavy atom. The maximum atomic E-state index is 9.82. The quantitative estimate of drug-likeness (QED) is 0.813. The molecule has 1 aliphatic rings. The van der Waals surface area contributed by atoms with Crippen molar-refractivity contribution in [3.05, 3.63) is 29.8 Å². The molecule has 1 unspecified atom stereocenters. The number of nitrogens with zero attached hydrogens (tertiary/aromatic N) is 2. The molecule has 0 aliphatic carbocycles. The highest BCUT2D eigenvalue weighted by Crippen LogP contribution is 2.26. The maximum absolute atomic E-state index is 9.82. The number of fused-ring (bicyclic) bond motifs is 1. The molecule has 0 fully saturated rings. The molecule has 0 aromatic heterocycles. The Bertz CT molecular complexity index is 352. The van der Waals surface area contributed by atoms with Crippen LogP contribution in [0.25, 0.3) is 0 Å². The number of likely N-dealkylation sites (N-methyl/N-ethyl adjacent to an activating group) is 1. The van der Waals surface area contributed by atoms with E-state index < -0.39 is 0 Å². The van der Waals surface area contributed by atoms with Crippen molar-refractivity contribution in [2.24, 2.45) is 0 Å². The van der Waals surface area contributed by atoms with Crippen molar-refractivity contribution >= 4 is 5.69 Å². The number of rotatable bonds is 3. The molecule has 87 valence electrons. The lowest BCUT2D eigenvalue weighted by Gasteiger charge is -2.34. The molecule has 16 heavy (non-hydrogen) atoms. The summed E-state index contributed by atoms with van der Waals surface area (Å²) in [4.78, 5) is 4.41. The predicted octanol–water partition coefficient (Wildman–Crippen LogP) is 0.772. The summed E-state index contributed by atoms with van der Waals surface area (Å²) in [5, 5.41) is 9.82. The normalized spacial score (nSPS) is 20.0. The number of β-amino-alcohol motifs (C(OH)–C–C–N with tert-alkyl or cyclic N) is 1. The predicted molar refractivity (Wildman–Crippen MR) is 65.8 cm³/mol. The third-order valence-corrected chi connectivity index (χ3v) is 2.95. The molecule has 3 nitrogen and oxygen atoms in total. The monoisotopic (exact) mass is 219 g/mol. The third kappa shape index (κ3) is 2.54. The lowest BCUT2D eigenvalue weighted by molar-refractivity contribution is 0.174. The van der Waals surface area contributed by atoms with E-state index in [-0.39, 0.29) is 6.10 Å². The highest BCUT2D eigenvalue weighted by molar-refractivity contribution is 5.55. The van der Waals surface area contributed by atoms with E-state index in [1.54, 1.807) is 0 Å². The fraction of sp³-hybridized carbons (Fsp3) is 0.538. The largest absolute Gasteiger partial charge is 0.391 e. The molecule has 0 bridgehead atoms. The van der Waals surface area contributed by atoms with Crippen LogP contribution in [-0.4, -0.2) is 49.8 Å². The summed E-state index contributed by atoms with van der Waals surface area (Å²) in [6.07, 6.45) is 0.475. The van der Waals surface area contributed by atoms with Crippen LogP contribution < -0.4 is 4.90 Å². The second kappa shape index (κ2) is 4.85. The zero-order valence-corrected chi connectivity index (χ0v) is 9.98. The lowest BCUT2D eigenvalue weighted by atomic mass is 10.00. The van der Waals surface area contributed by atoms with Gasteiger partial charge in [-0.2, -0.15) is 0 Å². The minimum absolute atomic E-state index is 0.256. The summed E-state index contributed by atoms with van der Waals surface area (Å²) in [7, 11) is 4.14. The molecule has 1 heterocycles. The topological polar surface area (TPSA) is 26.7 Å². The Morgan fingerprint density at radius 3 is 3.12 bits per heavy atom. The van der Waals surface area contributed by atoms with Gasteiger partial charge in [-0.15, -0.1) is 0 Å². The molecule has 1 N–H and O–H groups in total. The van der Waals surface area contributed by atoms with Crippen LogP contribution >= 0.6 is 0 Å². The summed E-state index contributed by atoms with van der Waals surface area (Å²) in [5.74, 6) is 0. The van der Waals surface area contributed by atoms with Gasteiger partial charge in [-0.1, -0.05) is 12.1 Å². The van der Waals surface area contributed by atoms with Gasteiger partial charge >= 0.3 is 0 Å². The van der Waals surface area contributed by atoms with Crippen molar-refractivity contribution in [3.8, 4) is 0 Å². The first kappa shape index (κ1) is 11.4. The molecule has 0 saturated heterocycles. The Balaban J connectivity index is 2.13. The van der Waals surface area contributed by atoms with E-state index >= 15 is 0 Å². The van der Waals surface area contributed by atoms with Crippen LogP contribution in [0, 0.1) is 6.07 Å². The van der Waals surface area contributed by atoms with Gasteiger partial charge in [0.25, 0.3) is 0 Å². The van der Waals surface area contributed by atoms with Gasteiger partial charge in [-0.3, -0.25) is 0 Å².